The molecular weight excluding hydrogens is 1040 g/mol. The van der Waals surface area contributed by atoms with Gasteiger partial charge in [-0.3, -0.25) is 33.4 Å². The number of aryl methyl sites for hydroxylation is 1. The number of pyridine rings is 6. The molecule has 2 aliphatic rings. The Balaban J connectivity index is 0.000000121. The molecule has 17 nitrogen and oxygen atoms in total. The maximum atomic E-state index is 13.4. The van der Waals surface area contributed by atoms with Gasteiger partial charge in [0.05, 0.1) is 78.1 Å². The van der Waals surface area contributed by atoms with Crippen molar-refractivity contribution < 1.29 is 32.1 Å². The minimum Gasteiger partial charge on any atom is -0.474 e. The van der Waals surface area contributed by atoms with Crippen LogP contribution in [0.2, 0.25) is 0 Å². The van der Waals surface area contributed by atoms with Gasteiger partial charge in [0.2, 0.25) is 11.8 Å². The van der Waals surface area contributed by atoms with Crippen molar-refractivity contribution in [2.75, 3.05) is 26.4 Å². The zero-order chi connectivity index (χ0) is 55.2. The lowest BCUT2D eigenvalue weighted by molar-refractivity contribution is 0.0237. The zero-order valence-electron chi connectivity index (χ0n) is 43.5. The van der Waals surface area contributed by atoms with Gasteiger partial charge in [0.25, 0.3) is 5.56 Å². The maximum absolute atomic E-state index is 13.4. The molecule has 2 aliphatic heterocycles. The standard InChI is InChI=1S/C22H19FN4O2.C21H17FN4O2.C18H13FN4O/c23-16-2-4-17(5-3-16)27-20-14-24-10-7-19(20)26-22(27)15-1-6-21(25-13-15)29-18-8-11-28-12-9-18;22-15-2-4-16(5-3-15)26-19-12-23-9-7-18(19)25-21(26)14-1-6-20(24-11-14)28-17-8-10-27-13-17;1-22-9-7-12(10-17(22)24)18-21-15-6-8-20-11-16(15)23(18)14-4-2-13(19)3-5-14/h1-7,10,13-14,18H,8-9,11-12H2;1-7,9,11-12,17H,8,10,13H2;2-11H,1H3. The lowest BCUT2D eigenvalue weighted by Crippen LogP contribution is -2.26. The Hall–Kier alpha value is -9.92. The highest BCUT2D eigenvalue weighted by Gasteiger charge is 2.21. The molecule has 404 valence electrons. The van der Waals surface area contributed by atoms with Crippen molar-refractivity contribution in [1.82, 2.24) is 58.1 Å². The van der Waals surface area contributed by atoms with Gasteiger partial charge in [-0.05, 0) is 109 Å². The first-order valence-electron chi connectivity index (χ1n) is 26.0. The van der Waals surface area contributed by atoms with Gasteiger partial charge in [0, 0.05) is 115 Å². The highest BCUT2D eigenvalue weighted by atomic mass is 19.1. The molecule has 0 N–H and O–H groups in total. The largest absolute Gasteiger partial charge is 0.474 e. The van der Waals surface area contributed by atoms with E-state index in [9.17, 15) is 18.0 Å². The minimum atomic E-state index is -0.309. The summed E-state index contributed by atoms with van der Waals surface area (Å²) in [5.74, 6) is 2.31. The Kier molecular flexibility index (Phi) is 14.8. The molecule has 12 aromatic rings. The van der Waals surface area contributed by atoms with Crippen LogP contribution in [0, 0.1) is 17.5 Å². The third kappa shape index (κ3) is 11.4. The van der Waals surface area contributed by atoms with Crippen molar-refractivity contribution in [1.29, 1.82) is 0 Å². The molecule has 0 aliphatic carbocycles. The van der Waals surface area contributed by atoms with Crippen LogP contribution in [0.3, 0.4) is 0 Å². The SMILES string of the molecule is Cn1ccc(-c2nc3ccncc3n2-c2ccc(F)cc2)cc1=O.Fc1ccc(-n2c(-c3ccc(OC4CCOC4)nc3)nc3ccncc32)cc1.Fc1ccc(-n2c(-c3ccc(OC4CCOCC4)nc3)nc3ccncc32)cc1. The summed E-state index contributed by atoms with van der Waals surface area (Å²) < 4.78 is 69.9. The average molecular weight is 1090 g/mol. The van der Waals surface area contributed by atoms with Crippen LogP contribution in [0.5, 0.6) is 11.8 Å². The zero-order valence-corrected chi connectivity index (χ0v) is 43.5. The van der Waals surface area contributed by atoms with E-state index in [1.807, 2.05) is 56.2 Å². The first-order valence-corrected chi connectivity index (χ1v) is 26.0. The van der Waals surface area contributed by atoms with Gasteiger partial charge in [-0.15, -0.1) is 0 Å². The van der Waals surface area contributed by atoms with Crippen LogP contribution in [0.15, 0.2) is 188 Å². The fourth-order valence-electron chi connectivity index (χ4n) is 9.50. The number of halogens is 3. The number of fused-ring (bicyclic) bond motifs is 3. The summed E-state index contributed by atoms with van der Waals surface area (Å²) in [5, 5.41) is 0. The van der Waals surface area contributed by atoms with Crippen molar-refractivity contribution in [2.45, 2.75) is 31.5 Å². The van der Waals surface area contributed by atoms with E-state index in [0.717, 1.165) is 100 Å². The first kappa shape index (κ1) is 51.8. The summed E-state index contributed by atoms with van der Waals surface area (Å²) in [6.45, 7) is 2.76. The van der Waals surface area contributed by atoms with E-state index in [-0.39, 0.29) is 35.2 Å². The summed E-state index contributed by atoms with van der Waals surface area (Å²) in [6.07, 6.45) is 18.3. The fourth-order valence-corrected chi connectivity index (χ4v) is 9.50. The van der Waals surface area contributed by atoms with Gasteiger partial charge < -0.3 is 23.5 Å². The number of hydrogen-bond acceptors (Lipinski definition) is 13. The van der Waals surface area contributed by atoms with Crippen LogP contribution >= 0.6 is 0 Å². The molecule has 81 heavy (non-hydrogen) atoms. The van der Waals surface area contributed by atoms with E-state index in [1.54, 1.807) is 105 Å². The summed E-state index contributed by atoms with van der Waals surface area (Å²) in [6, 6.07) is 35.2. The van der Waals surface area contributed by atoms with Crippen molar-refractivity contribution in [3.63, 3.8) is 0 Å². The average Bonchev–Trinajstić information content (AvgIpc) is 4.46. The van der Waals surface area contributed by atoms with Crippen LogP contribution in [0.25, 0.3) is 84.3 Å². The summed E-state index contributed by atoms with van der Waals surface area (Å²) in [7, 11) is 1.69. The second-order valence-corrected chi connectivity index (χ2v) is 19.0. The molecule has 11 heterocycles. The molecule has 0 radical (unpaired) electrons. The van der Waals surface area contributed by atoms with Crippen LogP contribution in [-0.2, 0) is 16.5 Å². The normalized spacial score (nSPS) is 14.3. The fraction of sp³-hybridized carbons (Fsp3) is 0.164. The van der Waals surface area contributed by atoms with Crippen molar-refractivity contribution in [2.24, 2.45) is 7.05 Å². The quantitative estimate of drug-likeness (QED) is 0.127. The molecule has 0 amide bonds. The van der Waals surface area contributed by atoms with Crippen LogP contribution in [0.4, 0.5) is 13.2 Å². The molecular formula is C61H49F3N12O5. The number of hydrogen-bond donors (Lipinski definition) is 0. The topological polar surface area (TPSA) is 177 Å². The molecule has 2 saturated heterocycles. The predicted molar refractivity (Wildman–Crippen MR) is 298 cm³/mol. The Bertz CT molecular complexity index is 4180. The Morgan fingerprint density at radius 1 is 0.469 bits per heavy atom. The van der Waals surface area contributed by atoms with E-state index in [0.29, 0.717) is 41.4 Å². The van der Waals surface area contributed by atoms with Gasteiger partial charge in [0.1, 0.15) is 47.1 Å². The molecule has 2 fully saturated rings. The van der Waals surface area contributed by atoms with Crippen molar-refractivity contribution >= 4 is 33.1 Å². The molecule has 9 aromatic heterocycles. The Morgan fingerprint density at radius 3 is 1.27 bits per heavy atom. The van der Waals surface area contributed by atoms with Gasteiger partial charge in [-0.1, -0.05) is 0 Å². The van der Waals surface area contributed by atoms with Crippen LogP contribution < -0.4 is 15.0 Å². The van der Waals surface area contributed by atoms with E-state index < -0.39 is 0 Å². The van der Waals surface area contributed by atoms with Crippen LogP contribution in [-0.4, -0.2) is 96.8 Å². The Morgan fingerprint density at radius 2 is 0.877 bits per heavy atom. The van der Waals surface area contributed by atoms with Gasteiger partial charge in [-0.25, -0.2) is 38.1 Å². The summed E-state index contributed by atoms with van der Waals surface area (Å²) in [5.41, 5.74) is 9.44. The van der Waals surface area contributed by atoms with E-state index in [1.165, 1.54) is 47.0 Å². The Labute approximate surface area is 460 Å². The predicted octanol–water partition coefficient (Wildman–Crippen LogP) is 10.9. The second-order valence-electron chi connectivity index (χ2n) is 19.0. The lowest BCUT2D eigenvalue weighted by atomic mass is 10.1. The first-order chi connectivity index (χ1) is 39.7. The second kappa shape index (κ2) is 23.2. The summed E-state index contributed by atoms with van der Waals surface area (Å²) >= 11 is 0. The number of aromatic nitrogens is 12. The molecule has 3 aromatic carbocycles. The number of imidazole rings is 3. The number of ether oxygens (including phenoxy) is 4. The number of rotatable bonds is 10. The third-order valence-electron chi connectivity index (χ3n) is 13.6. The highest BCUT2D eigenvalue weighted by molar-refractivity contribution is 5.84. The molecule has 0 spiro atoms. The van der Waals surface area contributed by atoms with Gasteiger partial charge >= 0.3 is 0 Å². The monoisotopic (exact) mass is 1090 g/mol. The molecule has 14 rings (SSSR count). The number of nitrogens with zero attached hydrogens (tertiary/aromatic N) is 12. The van der Waals surface area contributed by atoms with Gasteiger partial charge in [0.15, 0.2) is 0 Å². The molecule has 1 atom stereocenters. The van der Waals surface area contributed by atoms with Crippen molar-refractivity contribution in [3.8, 4) is 63.0 Å². The van der Waals surface area contributed by atoms with E-state index >= 15 is 0 Å². The molecule has 0 saturated carbocycles. The van der Waals surface area contributed by atoms with Crippen LogP contribution in [0.1, 0.15) is 19.3 Å². The number of benzene rings is 3. The molecule has 1 unspecified atom stereocenters. The third-order valence-corrected chi connectivity index (χ3v) is 13.6. The molecule has 0 bridgehead atoms. The van der Waals surface area contributed by atoms with E-state index in [2.05, 4.69) is 29.9 Å². The molecule has 20 heteroatoms. The highest BCUT2D eigenvalue weighted by Crippen LogP contribution is 2.32. The van der Waals surface area contributed by atoms with Gasteiger partial charge in [-0.2, -0.15) is 0 Å². The maximum Gasteiger partial charge on any atom is 0.250 e. The van der Waals surface area contributed by atoms with Crippen molar-refractivity contribution in [3.05, 3.63) is 211 Å². The summed E-state index contributed by atoms with van der Waals surface area (Å²) in [4.78, 5) is 47.6. The lowest BCUT2D eigenvalue weighted by Gasteiger charge is -2.22. The minimum absolute atomic E-state index is 0.0493. The smallest absolute Gasteiger partial charge is 0.250 e. The van der Waals surface area contributed by atoms with E-state index in [4.69, 9.17) is 28.9 Å².